The lowest BCUT2D eigenvalue weighted by Gasteiger charge is -2.22. The third-order valence-corrected chi connectivity index (χ3v) is 7.29. The number of ether oxygens (including phenoxy) is 1. The van der Waals surface area contributed by atoms with Gasteiger partial charge in [0.15, 0.2) is 0 Å². The van der Waals surface area contributed by atoms with Crippen LogP contribution in [0.5, 0.6) is 0 Å². The lowest BCUT2D eigenvalue weighted by atomic mass is 9.86. The van der Waals surface area contributed by atoms with E-state index < -0.39 is 0 Å². The molecule has 0 N–H and O–H groups in total. The van der Waals surface area contributed by atoms with Crippen molar-refractivity contribution < 1.29 is 9.53 Å². The van der Waals surface area contributed by atoms with E-state index >= 15 is 0 Å². The van der Waals surface area contributed by atoms with E-state index in [-0.39, 0.29) is 12.6 Å². The molecule has 0 radical (unpaired) electrons. The summed E-state index contributed by atoms with van der Waals surface area (Å²) < 4.78 is 5.95. The highest BCUT2D eigenvalue weighted by molar-refractivity contribution is 7.10. The number of esters is 1. The second kappa shape index (κ2) is 8.88. The number of nitrogens with zero attached hydrogens (tertiary/aromatic N) is 1. The maximum Gasteiger partial charge on any atom is 0.339 e. The van der Waals surface area contributed by atoms with Gasteiger partial charge in [-0.2, -0.15) is 0 Å². The zero-order valence-electron chi connectivity index (χ0n) is 18.7. The van der Waals surface area contributed by atoms with Gasteiger partial charge < -0.3 is 4.74 Å². The average Bonchev–Trinajstić information content (AvgIpc) is 3.39. The normalized spacial score (nSPS) is 14.4. The summed E-state index contributed by atoms with van der Waals surface area (Å²) in [5, 5.41) is 5.20. The number of hydrogen-bond acceptors (Lipinski definition) is 4. The van der Waals surface area contributed by atoms with E-state index in [1.54, 1.807) is 11.3 Å². The van der Waals surface area contributed by atoms with Gasteiger partial charge in [-0.25, -0.2) is 9.78 Å². The van der Waals surface area contributed by atoms with Crippen molar-refractivity contribution in [2.24, 2.45) is 0 Å². The molecule has 4 heteroatoms. The maximum atomic E-state index is 13.6. The van der Waals surface area contributed by atoms with Crippen molar-refractivity contribution in [3.63, 3.8) is 0 Å². The molecule has 1 aliphatic carbocycles. The van der Waals surface area contributed by atoms with Crippen molar-refractivity contribution in [2.45, 2.75) is 25.9 Å². The largest absolute Gasteiger partial charge is 0.457 e. The molecule has 0 amide bonds. The topological polar surface area (TPSA) is 39.2 Å². The van der Waals surface area contributed by atoms with Crippen LogP contribution < -0.4 is 0 Å². The van der Waals surface area contributed by atoms with Gasteiger partial charge in [-0.15, -0.1) is 11.3 Å². The SMILES string of the molecule is O=C(OCc1cccc2ccccc12)c1c2c(nc3ccccc13)C(=Cc1cccs1)CCC2. The number of allylic oxidation sites excluding steroid dienone is 1. The number of pyridine rings is 1. The predicted octanol–water partition coefficient (Wildman–Crippen LogP) is 7.68. The predicted molar refractivity (Wildman–Crippen MR) is 140 cm³/mol. The molecule has 2 aromatic heterocycles. The lowest BCUT2D eigenvalue weighted by Crippen LogP contribution is -2.15. The van der Waals surface area contributed by atoms with Crippen LogP contribution in [-0.2, 0) is 17.8 Å². The van der Waals surface area contributed by atoms with E-state index in [4.69, 9.17) is 9.72 Å². The molecule has 0 spiro atoms. The molecule has 6 rings (SSSR count). The average molecular weight is 462 g/mol. The van der Waals surface area contributed by atoms with Crippen LogP contribution in [0.3, 0.4) is 0 Å². The molecule has 0 fully saturated rings. The number of hydrogen-bond donors (Lipinski definition) is 0. The summed E-state index contributed by atoms with van der Waals surface area (Å²) in [5.74, 6) is -0.278. The van der Waals surface area contributed by atoms with E-state index in [1.165, 1.54) is 10.5 Å². The Bertz CT molecular complexity index is 1540. The highest BCUT2D eigenvalue weighted by Crippen LogP contribution is 2.37. The Morgan fingerprint density at radius 3 is 2.62 bits per heavy atom. The number of benzene rings is 3. The van der Waals surface area contributed by atoms with E-state index in [9.17, 15) is 4.79 Å². The Kier molecular flexibility index (Phi) is 5.44. The van der Waals surface area contributed by atoms with E-state index in [1.807, 2.05) is 48.5 Å². The first-order valence-corrected chi connectivity index (χ1v) is 12.5. The smallest absolute Gasteiger partial charge is 0.339 e. The molecule has 166 valence electrons. The van der Waals surface area contributed by atoms with Crippen LogP contribution in [0.2, 0.25) is 0 Å². The second-order valence-corrected chi connectivity index (χ2v) is 9.56. The Morgan fingerprint density at radius 1 is 0.912 bits per heavy atom. The molecule has 2 heterocycles. The molecule has 5 aromatic rings. The monoisotopic (exact) mass is 461 g/mol. The summed E-state index contributed by atoms with van der Waals surface area (Å²) >= 11 is 1.72. The number of rotatable bonds is 4. The minimum Gasteiger partial charge on any atom is -0.457 e. The van der Waals surface area contributed by atoms with Crippen molar-refractivity contribution in [3.8, 4) is 0 Å². The third-order valence-electron chi connectivity index (χ3n) is 6.47. The Balaban J connectivity index is 1.42. The van der Waals surface area contributed by atoms with Gasteiger partial charge in [0, 0.05) is 10.3 Å². The summed E-state index contributed by atoms with van der Waals surface area (Å²) in [5.41, 5.74) is 5.65. The molecular weight excluding hydrogens is 438 g/mol. The van der Waals surface area contributed by atoms with Crippen LogP contribution in [-0.4, -0.2) is 11.0 Å². The van der Waals surface area contributed by atoms with Gasteiger partial charge in [-0.3, -0.25) is 0 Å². The Morgan fingerprint density at radius 2 is 1.74 bits per heavy atom. The Labute approximate surface area is 202 Å². The molecule has 34 heavy (non-hydrogen) atoms. The van der Waals surface area contributed by atoms with Gasteiger partial charge in [-0.1, -0.05) is 66.7 Å². The first-order valence-electron chi connectivity index (χ1n) is 11.6. The first-order chi connectivity index (χ1) is 16.8. The summed E-state index contributed by atoms with van der Waals surface area (Å²) in [6, 6.07) is 26.4. The number of carbonyl (C=O) groups excluding carboxylic acids is 1. The number of fused-ring (bicyclic) bond motifs is 3. The molecule has 0 saturated heterocycles. The van der Waals surface area contributed by atoms with E-state index in [0.717, 1.165) is 57.8 Å². The third kappa shape index (κ3) is 3.80. The number of aromatic nitrogens is 1. The summed E-state index contributed by atoms with van der Waals surface area (Å²) in [7, 11) is 0. The summed E-state index contributed by atoms with van der Waals surface area (Å²) in [4.78, 5) is 19.8. The van der Waals surface area contributed by atoms with Gasteiger partial charge in [0.2, 0.25) is 0 Å². The fraction of sp³-hybridized carbons (Fsp3) is 0.133. The van der Waals surface area contributed by atoms with Crippen LogP contribution in [0, 0.1) is 0 Å². The van der Waals surface area contributed by atoms with Crippen LogP contribution in [0.1, 0.15) is 44.9 Å². The van der Waals surface area contributed by atoms with Gasteiger partial charge in [0.1, 0.15) is 6.61 Å². The minimum absolute atomic E-state index is 0.240. The number of thiophene rings is 1. The number of para-hydroxylation sites is 1. The highest BCUT2D eigenvalue weighted by atomic mass is 32.1. The van der Waals surface area contributed by atoms with Crippen LogP contribution in [0.4, 0.5) is 0 Å². The van der Waals surface area contributed by atoms with E-state index in [0.29, 0.717) is 5.56 Å². The first kappa shape index (κ1) is 20.8. The molecule has 0 saturated carbocycles. The molecule has 0 atom stereocenters. The Hall–Kier alpha value is -3.76. The molecule has 3 nitrogen and oxygen atoms in total. The zero-order valence-corrected chi connectivity index (χ0v) is 19.5. The van der Waals surface area contributed by atoms with Gasteiger partial charge >= 0.3 is 5.97 Å². The quantitative estimate of drug-likeness (QED) is 0.258. The molecule has 0 bridgehead atoms. The fourth-order valence-corrected chi connectivity index (χ4v) is 5.57. The second-order valence-electron chi connectivity index (χ2n) is 8.58. The van der Waals surface area contributed by atoms with Crippen molar-refractivity contribution in [1.29, 1.82) is 0 Å². The van der Waals surface area contributed by atoms with Crippen molar-refractivity contribution >= 4 is 50.6 Å². The van der Waals surface area contributed by atoms with Gasteiger partial charge in [0.25, 0.3) is 0 Å². The van der Waals surface area contributed by atoms with Crippen LogP contribution in [0.15, 0.2) is 84.2 Å². The summed E-state index contributed by atoms with van der Waals surface area (Å²) in [6.45, 7) is 0.240. The highest BCUT2D eigenvalue weighted by Gasteiger charge is 2.26. The lowest BCUT2D eigenvalue weighted by molar-refractivity contribution is 0.0475. The summed E-state index contributed by atoms with van der Waals surface area (Å²) in [6.07, 6.45) is 5.00. The molecule has 0 unspecified atom stereocenters. The van der Waals surface area contributed by atoms with Gasteiger partial charge in [-0.05, 0) is 70.3 Å². The molecule has 3 aromatic carbocycles. The fourth-order valence-electron chi connectivity index (χ4n) is 4.89. The van der Waals surface area contributed by atoms with Crippen LogP contribution in [0.25, 0.3) is 33.3 Å². The zero-order chi connectivity index (χ0) is 22.9. The molecule has 0 aliphatic heterocycles. The minimum atomic E-state index is -0.278. The van der Waals surface area contributed by atoms with Crippen molar-refractivity contribution in [1.82, 2.24) is 4.98 Å². The van der Waals surface area contributed by atoms with E-state index in [2.05, 4.69) is 41.8 Å². The van der Waals surface area contributed by atoms with Gasteiger partial charge in [0.05, 0.1) is 16.8 Å². The van der Waals surface area contributed by atoms with Crippen molar-refractivity contribution in [2.75, 3.05) is 0 Å². The standard InChI is InChI=1S/C30H23NO2S/c32-30(33-19-22-11-5-9-20-8-1-2-13-24(20)22)28-25-14-3-4-16-27(25)31-29-21(10-6-15-26(28)29)18-23-12-7-17-34-23/h1-5,7-9,11-14,16-18H,6,10,15,19H2. The molecule has 1 aliphatic rings. The molecular formula is C30H23NO2S. The number of carbonyl (C=O) groups is 1. The van der Waals surface area contributed by atoms with Crippen molar-refractivity contribution in [3.05, 3.63) is 112 Å². The van der Waals surface area contributed by atoms with Crippen LogP contribution >= 0.6 is 11.3 Å². The maximum absolute atomic E-state index is 13.6.